The van der Waals surface area contributed by atoms with Gasteiger partial charge in [0.15, 0.2) is 5.87 Å². The molecule has 1 unspecified atom stereocenters. The van der Waals surface area contributed by atoms with Crippen LogP contribution in [0.1, 0.15) is 33.8 Å². The van der Waals surface area contributed by atoms with Crippen LogP contribution in [0.2, 0.25) is 10.0 Å². The molecule has 0 bridgehead atoms. The van der Waals surface area contributed by atoms with Crippen molar-refractivity contribution in [3.63, 3.8) is 0 Å². The number of fused-ring (bicyclic) bond motifs is 1. The lowest BCUT2D eigenvalue weighted by molar-refractivity contribution is -0.377. The smallest absolute Gasteiger partial charge is 0.414 e. The third kappa shape index (κ3) is 6.34. The molecular formula is C33H26Cl2N2O5. The fourth-order valence-electron chi connectivity index (χ4n) is 4.84. The molecule has 7 nitrogen and oxygen atoms in total. The summed E-state index contributed by atoms with van der Waals surface area (Å²) >= 11 is 12.9. The zero-order valence-corrected chi connectivity index (χ0v) is 24.0. The molecule has 0 saturated heterocycles. The van der Waals surface area contributed by atoms with Crippen LogP contribution in [0, 0.1) is 5.21 Å². The molecule has 1 heterocycles. The van der Waals surface area contributed by atoms with Gasteiger partial charge in [-0.2, -0.15) is 0 Å². The van der Waals surface area contributed by atoms with Gasteiger partial charge in [0.25, 0.3) is 5.91 Å². The van der Waals surface area contributed by atoms with E-state index in [9.17, 15) is 14.8 Å². The van der Waals surface area contributed by atoms with Gasteiger partial charge in [-0.3, -0.25) is 4.79 Å². The van der Waals surface area contributed by atoms with E-state index in [0.29, 0.717) is 52.8 Å². The van der Waals surface area contributed by atoms with E-state index in [-0.39, 0.29) is 22.3 Å². The molecule has 4 aromatic carbocycles. The molecular weight excluding hydrogens is 575 g/mol. The van der Waals surface area contributed by atoms with Crippen molar-refractivity contribution in [3.8, 4) is 28.4 Å². The summed E-state index contributed by atoms with van der Waals surface area (Å²) in [6, 6.07) is 25.5. The molecule has 0 fully saturated rings. The molecule has 2 amide bonds. The molecule has 1 aliphatic rings. The SMILES string of the molecule is C=C=[N+]([O-])C(=O)C1CCOc2cc(Oc3ccc(C(=O)NCCc4ccccc4-c4ccccc4Cl)cc3)c(Cl)cc21. The molecule has 0 aromatic heterocycles. The first-order chi connectivity index (χ1) is 20.4. The number of carbonyl (C=O) groups excluding carboxylic acids is 2. The van der Waals surface area contributed by atoms with Crippen molar-refractivity contribution in [2.24, 2.45) is 0 Å². The molecule has 1 atom stereocenters. The van der Waals surface area contributed by atoms with Crippen molar-refractivity contribution >= 4 is 40.9 Å². The number of nitrogens with zero attached hydrogens (tertiary/aromatic N) is 1. The van der Waals surface area contributed by atoms with Gasteiger partial charge in [-0.05, 0) is 53.9 Å². The minimum atomic E-state index is -0.713. The average molecular weight is 601 g/mol. The molecule has 0 aliphatic carbocycles. The van der Waals surface area contributed by atoms with Crippen molar-refractivity contribution < 1.29 is 23.8 Å². The second-order valence-corrected chi connectivity index (χ2v) is 10.4. The van der Waals surface area contributed by atoms with Gasteiger partial charge in [-0.25, -0.2) is 4.79 Å². The lowest BCUT2D eigenvalue weighted by atomic mass is 9.92. The lowest BCUT2D eigenvalue weighted by Gasteiger charge is -2.24. The third-order valence-electron chi connectivity index (χ3n) is 6.95. The highest BCUT2D eigenvalue weighted by Gasteiger charge is 2.34. The number of carbonyl (C=O) groups is 2. The van der Waals surface area contributed by atoms with Crippen molar-refractivity contribution in [1.82, 2.24) is 5.32 Å². The topological polar surface area (TPSA) is 90.7 Å². The van der Waals surface area contributed by atoms with Gasteiger partial charge in [0, 0.05) is 47.3 Å². The van der Waals surface area contributed by atoms with E-state index in [1.165, 1.54) is 0 Å². The average Bonchev–Trinajstić information content (AvgIpc) is 3.01. The summed E-state index contributed by atoms with van der Waals surface area (Å²) in [6.45, 7) is 3.93. The monoisotopic (exact) mass is 600 g/mol. The number of hydrogen-bond acceptors (Lipinski definition) is 5. The number of hydrogen-bond donors (Lipinski definition) is 1. The highest BCUT2D eigenvalue weighted by Crippen LogP contribution is 2.42. The Balaban J connectivity index is 1.22. The van der Waals surface area contributed by atoms with E-state index >= 15 is 0 Å². The fraction of sp³-hybridized carbons (Fsp3) is 0.152. The fourth-order valence-corrected chi connectivity index (χ4v) is 5.29. The summed E-state index contributed by atoms with van der Waals surface area (Å²) in [5, 5.41) is 15.6. The quantitative estimate of drug-likeness (QED) is 0.100. The Labute approximate surface area is 253 Å². The van der Waals surface area contributed by atoms with Crippen molar-refractivity contribution in [2.75, 3.05) is 13.2 Å². The Bertz CT molecular complexity index is 1700. The van der Waals surface area contributed by atoms with Gasteiger partial charge in [-0.1, -0.05) is 70.4 Å². The van der Waals surface area contributed by atoms with E-state index in [0.717, 1.165) is 16.7 Å². The zero-order chi connectivity index (χ0) is 29.6. The maximum Gasteiger partial charge on any atom is 0.414 e. The van der Waals surface area contributed by atoms with Gasteiger partial charge in [0.1, 0.15) is 23.2 Å². The Kier molecular flexibility index (Phi) is 8.94. The first-order valence-corrected chi connectivity index (χ1v) is 14.0. The van der Waals surface area contributed by atoms with E-state index in [1.807, 2.05) is 54.4 Å². The molecule has 42 heavy (non-hydrogen) atoms. The molecule has 0 radical (unpaired) electrons. The number of halogens is 2. The summed E-state index contributed by atoms with van der Waals surface area (Å²) < 4.78 is 11.7. The van der Waals surface area contributed by atoms with E-state index < -0.39 is 11.8 Å². The van der Waals surface area contributed by atoms with E-state index in [4.69, 9.17) is 32.7 Å². The minimum Gasteiger partial charge on any atom is -0.607 e. The van der Waals surface area contributed by atoms with Gasteiger partial charge < -0.3 is 20.0 Å². The number of benzene rings is 4. The van der Waals surface area contributed by atoms with Crippen molar-refractivity contribution in [1.29, 1.82) is 0 Å². The first kappa shape index (κ1) is 29.0. The normalized spacial score (nSPS) is 13.7. The minimum absolute atomic E-state index is 0.0927. The standard InChI is InChI=1S/C33H26Cl2N2O5/c1-2-37(40)33(39)26-16-18-41-30-20-31(29(35)19-27(26)30)42-23-13-11-22(12-14-23)32(38)36-17-15-21-7-3-4-8-24(21)25-9-5-6-10-28(25)34/h3-14,19-20,26H,1,15-18H2,(H,36,38). The van der Waals surface area contributed by atoms with Crippen LogP contribution in [0.4, 0.5) is 0 Å². The molecule has 0 spiro atoms. The molecule has 212 valence electrons. The maximum atomic E-state index is 12.8. The van der Waals surface area contributed by atoms with Gasteiger partial charge >= 0.3 is 5.91 Å². The van der Waals surface area contributed by atoms with Crippen LogP contribution in [-0.4, -0.2) is 35.6 Å². The number of nitrogens with one attached hydrogen (secondary N) is 1. The number of hydroxylamine groups is 1. The summed E-state index contributed by atoms with van der Waals surface area (Å²) in [5.74, 6) is 1.61. The van der Waals surface area contributed by atoms with Gasteiger partial charge in [0.05, 0.1) is 11.6 Å². The summed E-state index contributed by atoms with van der Waals surface area (Å²) in [7, 11) is 0. The predicted octanol–water partition coefficient (Wildman–Crippen LogP) is 7.18. The predicted molar refractivity (Wildman–Crippen MR) is 163 cm³/mol. The molecule has 0 saturated carbocycles. The highest BCUT2D eigenvalue weighted by atomic mass is 35.5. The first-order valence-electron chi connectivity index (χ1n) is 13.2. The largest absolute Gasteiger partial charge is 0.607 e. The Morgan fingerprint density at radius 2 is 1.71 bits per heavy atom. The second kappa shape index (κ2) is 13.0. The Hall–Kier alpha value is -4.55. The third-order valence-corrected chi connectivity index (χ3v) is 7.58. The summed E-state index contributed by atoms with van der Waals surface area (Å²) in [5.41, 5.74) is 4.05. The van der Waals surface area contributed by atoms with Crippen LogP contribution in [0.5, 0.6) is 17.2 Å². The summed E-state index contributed by atoms with van der Waals surface area (Å²) in [6.07, 6.45) is 0.971. The Morgan fingerprint density at radius 1 is 1.00 bits per heavy atom. The number of ether oxygens (including phenoxy) is 2. The zero-order valence-electron chi connectivity index (χ0n) is 22.4. The second-order valence-electron chi connectivity index (χ2n) is 9.57. The van der Waals surface area contributed by atoms with Crippen molar-refractivity contribution in [3.05, 3.63) is 123 Å². The van der Waals surface area contributed by atoms with Crippen LogP contribution in [0.25, 0.3) is 11.1 Å². The molecule has 9 heteroatoms. The molecule has 5 rings (SSSR count). The van der Waals surface area contributed by atoms with Crippen LogP contribution in [0.15, 0.2) is 91.5 Å². The Morgan fingerprint density at radius 3 is 2.45 bits per heavy atom. The number of amides is 2. The van der Waals surface area contributed by atoms with Crippen LogP contribution in [-0.2, 0) is 11.2 Å². The molecule has 1 N–H and O–H groups in total. The van der Waals surface area contributed by atoms with Crippen LogP contribution >= 0.6 is 23.2 Å². The van der Waals surface area contributed by atoms with E-state index in [2.05, 4.69) is 11.9 Å². The molecule has 1 aliphatic heterocycles. The molecule has 4 aromatic rings. The lowest BCUT2D eigenvalue weighted by Crippen LogP contribution is -2.27. The van der Waals surface area contributed by atoms with Crippen LogP contribution in [0.3, 0.4) is 0 Å². The number of rotatable bonds is 8. The summed E-state index contributed by atoms with van der Waals surface area (Å²) in [4.78, 5) is 25.2. The van der Waals surface area contributed by atoms with Gasteiger partial charge in [-0.15, -0.1) is 0 Å². The maximum absolute atomic E-state index is 12.8. The van der Waals surface area contributed by atoms with E-state index in [1.54, 1.807) is 36.4 Å². The van der Waals surface area contributed by atoms with Crippen molar-refractivity contribution in [2.45, 2.75) is 18.8 Å². The van der Waals surface area contributed by atoms with Gasteiger partial charge in [0.2, 0.25) is 0 Å². The highest BCUT2D eigenvalue weighted by molar-refractivity contribution is 6.33. The van der Waals surface area contributed by atoms with Crippen LogP contribution < -0.4 is 14.8 Å².